The van der Waals surface area contributed by atoms with E-state index >= 15 is 0 Å². The van der Waals surface area contributed by atoms with Gasteiger partial charge in [0.05, 0.1) is 14.2 Å². The second-order valence-electron chi connectivity index (χ2n) is 12.2. The van der Waals surface area contributed by atoms with Crippen LogP contribution < -0.4 is 9.47 Å². The fourth-order valence-corrected chi connectivity index (χ4v) is 7.82. The molecule has 0 amide bonds. The van der Waals surface area contributed by atoms with Gasteiger partial charge in [-0.1, -0.05) is 52.0 Å². The quantitative estimate of drug-likeness (QED) is 0.270. The third kappa shape index (κ3) is 3.35. The third-order valence-corrected chi connectivity index (χ3v) is 10.5. The largest absolute Gasteiger partial charge is 0.507 e. The first kappa shape index (κ1) is 25.2. The minimum Gasteiger partial charge on any atom is -0.507 e. The Kier molecular flexibility index (Phi) is 5.60. The van der Waals surface area contributed by atoms with E-state index in [0.29, 0.717) is 5.75 Å². The first-order valence-electron chi connectivity index (χ1n) is 13.3. The zero-order valence-corrected chi connectivity index (χ0v) is 24.2. The van der Waals surface area contributed by atoms with Crippen molar-refractivity contribution in [3.63, 3.8) is 0 Å². The molecule has 1 N–H and O–H groups in total. The fourth-order valence-electron chi connectivity index (χ4n) is 7.19. The molecular formula is C34H36O3S. The van der Waals surface area contributed by atoms with Gasteiger partial charge in [0.25, 0.3) is 0 Å². The molecule has 196 valence electrons. The van der Waals surface area contributed by atoms with E-state index < -0.39 is 0 Å². The summed E-state index contributed by atoms with van der Waals surface area (Å²) >= 11 is 1.72. The highest BCUT2D eigenvalue weighted by atomic mass is 32.2. The Labute approximate surface area is 230 Å². The number of phenols is 1. The molecule has 38 heavy (non-hydrogen) atoms. The summed E-state index contributed by atoms with van der Waals surface area (Å²) in [6, 6.07) is 21.3. The van der Waals surface area contributed by atoms with Gasteiger partial charge in [0.1, 0.15) is 17.2 Å². The van der Waals surface area contributed by atoms with E-state index in [1.165, 1.54) is 22.3 Å². The van der Waals surface area contributed by atoms with Crippen LogP contribution in [0.15, 0.2) is 65.6 Å². The van der Waals surface area contributed by atoms with Crippen molar-refractivity contribution < 1.29 is 14.6 Å². The van der Waals surface area contributed by atoms with Crippen LogP contribution in [0.4, 0.5) is 0 Å². The predicted molar refractivity (Wildman–Crippen MR) is 159 cm³/mol. The maximum absolute atomic E-state index is 11.6. The molecule has 4 aromatic carbocycles. The molecule has 0 aliphatic heterocycles. The number of aromatic hydroxyl groups is 1. The van der Waals surface area contributed by atoms with Gasteiger partial charge < -0.3 is 14.6 Å². The van der Waals surface area contributed by atoms with Gasteiger partial charge in [0, 0.05) is 27.3 Å². The minimum absolute atomic E-state index is 0.0952. The molecule has 3 nitrogen and oxygen atoms in total. The van der Waals surface area contributed by atoms with E-state index in [1.54, 1.807) is 26.0 Å². The zero-order valence-electron chi connectivity index (χ0n) is 23.4. The maximum Gasteiger partial charge on any atom is 0.130 e. The lowest BCUT2D eigenvalue weighted by Gasteiger charge is -2.34. The van der Waals surface area contributed by atoms with E-state index in [1.807, 2.05) is 18.2 Å². The molecule has 1 saturated carbocycles. The summed E-state index contributed by atoms with van der Waals surface area (Å²) in [6.45, 7) is 9.63. The molecule has 6 rings (SSSR count). The van der Waals surface area contributed by atoms with E-state index in [9.17, 15) is 5.11 Å². The van der Waals surface area contributed by atoms with Crippen molar-refractivity contribution in [3.8, 4) is 39.5 Å². The molecule has 0 aromatic heterocycles. The Balaban J connectivity index is 1.66. The third-order valence-electron chi connectivity index (χ3n) is 9.68. The van der Waals surface area contributed by atoms with E-state index in [0.717, 1.165) is 51.1 Å². The lowest BCUT2D eigenvalue weighted by atomic mass is 9.71. The summed E-state index contributed by atoms with van der Waals surface area (Å²) in [5.41, 5.74) is 7.56. The van der Waals surface area contributed by atoms with Crippen LogP contribution in [-0.2, 0) is 5.41 Å². The van der Waals surface area contributed by atoms with Gasteiger partial charge in [-0.05, 0) is 93.5 Å². The Hall–Kier alpha value is -3.11. The van der Waals surface area contributed by atoms with Crippen LogP contribution in [0.5, 0.6) is 17.2 Å². The first-order valence-corrected chi connectivity index (χ1v) is 14.5. The first-order chi connectivity index (χ1) is 18.1. The second-order valence-corrected chi connectivity index (χ2v) is 13.1. The summed E-state index contributed by atoms with van der Waals surface area (Å²) in [5.74, 6) is 1.84. The van der Waals surface area contributed by atoms with Gasteiger partial charge in [-0.15, -0.1) is 11.8 Å². The molecule has 0 bridgehead atoms. The molecule has 0 heterocycles. The van der Waals surface area contributed by atoms with Crippen molar-refractivity contribution in [2.75, 3.05) is 20.5 Å². The number of thioether (sulfide) groups is 1. The standard InChI is InChI=1S/C34H36O3S/c1-32(2)18-34(19-33(32,3)4)26-11-9-8-10-22(26)31-25-16-30(38-7)24(15-23(25)28(35)17-27(31)34)21-13-12-20(36-5)14-29(21)37-6/h8-17,35H,18-19H2,1-7H3. The summed E-state index contributed by atoms with van der Waals surface area (Å²) < 4.78 is 11.2. The van der Waals surface area contributed by atoms with Crippen molar-refractivity contribution >= 4 is 22.5 Å². The Bertz CT molecular complexity index is 1580. The van der Waals surface area contributed by atoms with Gasteiger partial charge in [-0.25, -0.2) is 0 Å². The van der Waals surface area contributed by atoms with E-state index in [4.69, 9.17) is 9.47 Å². The number of benzene rings is 4. The smallest absolute Gasteiger partial charge is 0.130 e. The SMILES string of the molecule is COc1ccc(-c2cc3c(O)cc4c(c3cc2SC)-c2ccccc2C42CC(C)(C)C(C)(C)C2)c(OC)c1. The van der Waals surface area contributed by atoms with Crippen LogP contribution in [0.1, 0.15) is 51.7 Å². The lowest BCUT2D eigenvalue weighted by molar-refractivity contribution is 0.157. The van der Waals surface area contributed by atoms with Crippen molar-refractivity contribution in [1.82, 2.24) is 0 Å². The topological polar surface area (TPSA) is 38.7 Å². The number of hydrogen-bond acceptors (Lipinski definition) is 4. The molecule has 4 aromatic rings. The normalized spacial score (nSPS) is 18.0. The molecule has 0 radical (unpaired) electrons. The van der Waals surface area contributed by atoms with Crippen LogP contribution in [0, 0.1) is 10.8 Å². The van der Waals surface area contributed by atoms with Crippen molar-refractivity contribution in [3.05, 3.63) is 71.8 Å². The number of rotatable bonds is 4. The second kappa shape index (κ2) is 8.44. The maximum atomic E-state index is 11.6. The summed E-state index contributed by atoms with van der Waals surface area (Å²) in [5, 5.41) is 13.6. The Morgan fingerprint density at radius 2 is 1.45 bits per heavy atom. The monoisotopic (exact) mass is 524 g/mol. The van der Waals surface area contributed by atoms with E-state index in [2.05, 4.69) is 76.4 Å². The molecule has 2 aliphatic rings. The van der Waals surface area contributed by atoms with Crippen LogP contribution >= 0.6 is 11.8 Å². The van der Waals surface area contributed by atoms with Crippen molar-refractivity contribution in [2.45, 2.75) is 50.8 Å². The fraction of sp³-hybridized carbons (Fsp3) is 0.353. The average Bonchev–Trinajstić information content (AvgIpc) is 3.27. The van der Waals surface area contributed by atoms with Gasteiger partial charge >= 0.3 is 0 Å². The lowest BCUT2D eigenvalue weighted by Crippen LogP contribution is -2.25. The van der Waals surface area contributed by atoms with Crippen molar-refractivity contribution in [1.29, 1.82) is 0 Å². The van der Waals surface area contributed by atoms with Gasteiger partial charge in [0.15, 0.2) is 0 Å². The van der Waals surface area contributed by atoms with Gasteiger partial charge in [0.2, 0.25) is 0 Å². The van der Waals surface area contributed by atoms with Crippen LogP contribution in [0.3, 0.4) is 0 Å². The zero-order chi connectivity index (χ0) is 27.0. The molecule has 0 unspecified atom stereocenters. The highest BCUT2D eigenvalue weighted by Gasteiger charge is 2.58. The van der Waals surface area contributed by atoms with E-state index in [-0.39, 0.29) is 16.2 Å². The number of ether oxygens (including phenoxy) is 2. The molecule has 2 aliphatic carbocycles. The summed E-state index contributed by atoms with van der Waals surface area (Å²) in [7, 11) is 3.34. The molecular weight excluding hydrogens is 488 g/mol. The highest BCUT2D eigenvalue weighted by Crippen LogP contribution is 2.68. The predicted octanol–water partition coefficient (Wildman–Crippen LogP) is 9.06. The Morgan fingerprint density at radius 1 is 0.737 bits per heavy atom. The summed E-state index contributed by atoms with van der Waals surface area (Å²) in [4.78, 5) is 1.15. The average molecular weight is 525 g/mol. The van der Waals surface area contributed by atoms with Gasteiger partial charge in [-0.2, -0.15) is 0 Å². The molecule has 0 saturated heterocycles. The molecule has 4 heteroatoms. The highest BCUT2D eigenvalue weighted by molar-refractivity contribution is 7.98. The number of fused-ring (bicyclic) bond motifs is 7. The van der Waals surface area contributed by atoms with Gasteiger partial charge in [-0.3, -0.25) is 0 Å². The summed E-state index contributed by atoms with van der Waals surface area (Å²) in [6.07, 6.45) is 4.25. The van der Waals surface area contributed by atoms with Crippen LogP contribution in [0.2, 0.25) is 0 Å². The van der Waals surface area contributed by atoms with Crippen molar-refractivity contribution in [2.24, 2.45) is 10.8 Å². The number of phenolic OH excluding ortho intramolecular Hbond substituents is 1. The molecule has 1 fully saturated rings. The van der Waals surface area contributed by atoms with Crippen LogP contribution in [-0.4, -0.2) is 25.6 Å². The number of hydrogen-bond donors (Lipinski definition) is 1. The molecule has 1 spiro atoms. The Morgan fingerprint density at radius 3 is 2.11 bits per heavy atom. The van der Waals surface area contributed by atoms with Crippen LogP contribution in [0.25, 0.3) is 33.0 Å². The number of methoxy groups -OCH3 is 2. The molecule has 0 atom stereocenters. The minimum atomic E-state index is -0.0952.